The Bertz CT molecular complexity index is 515. The van der Waals surface area contributed by atoms with Crippen molar-refractivity contribution in [2.24, 2.45) is 0 Å². The minimum Gasteiger partial charge on any atom is -0.469 e. The average molecular weight is 306 g/mol. The van der Waals surface area contributed by atoms with Crippen LogP contribution in [0.3, 0.4) is 0 Å². The van der Waals surface area contributed by atoms with E-state index in [4.69, 9.17) is 4.74 Å². The zero-order chi connectivity index (χ0) is 15.9. The fourth-order valence-corrected chi connectivity index (χ4v) is 2.30. The number of ether oxygens (including phenoxy) is 2. The van der Waals surface area contributed by atoms with E-state index in [0.29, 0.717) is 5.69 Å². The summed E-state index contributed by atoms with van der Waals surface area (Å²) in [6.07, 6.45) is 0.274. The molecule has 1 aliphatic heterocycles. The van der Waals surface area contributed by atoms with Crippen molar-refractivity contribution in [1.82, 2.24) is 4.90 Å². The SMILES string of the molecule is COC(=O)CCC(=O)Nc1ccc(C2CN(C)CCO2)cc1. The Labute approximate surface area is 130 Å². The molecule has 0 spiro atoms. The van der Waals surface area contributed by atoms with Crippen LogP contribution in [0, 0.1) is 0 Å². The van der Waals surface area contributed by atoms with Crippen molar-refractivity contribution in [3.8, 4) is 0 Å². The summed E-state index contributed by atoms with van der Waals surface area (Å²) in [5.74, 6) is -0.587. The van der Waals surface area contributed by atoms with Crippen LogP contribution in [0.5, 0.6) is 0 Å². The molecule has 1 saturated heterocycles. The van der Waals surface area contributed by atoms with E-state index in [9.17, 15) is 9.59 Å². The summed E-state index contributed by atoms with van der Waals surface area (Å²) in [6.45, 7) is 2.54. The minimum atomic E-state index is -0.385. The van der Waals surface area contributed by atoms with Gasteiger partial charge in [0.15, 0.2) is 0 Å². The van der Waals surface area contributed by atoms with E-state index in [1.807, 2.05) is 24.3 Å². The van der Waals surface area contributed by atoms with Gasteiger partial charge in [-0.05, 0) is 24.7 Å². The first-order valence-corrected chi connectivity index (χ1v) is 7.35. The molecule has 120 valence electrons. The molecule has 1 N–H and O–H groups in total. The first kappa shape index (κ1) is 16.5. The quantitative estimate of drug-likeness (QED) is 0.837. The van der Waals surface area contributed by atoms with Crippen molar-refractivity contribution in [3.63, 3.8) is 0 Å². The Kier molecular flexibility index (Phi) is 5.91. The number of hydrogen-bond acceptors (Lipinski definition) is 5. The number of carbonyl (C=O) groups is 2. The Morgan fingerprint density at radius 3 is 2.68 bits per heavy atom. The third kappa shape index (κ3) is 4.82. The number of anilines is 1. The number of morpholine rings is 1. The van der Waals surface area contributed by atoms with Crippen molar-refractivity contribution < 1.29 is 19.1 Å². The monoisotopic (exact) mass is 306 g/mol. The summed E-state index contributed by atoms with van der Waals surface area (Å²) in [4.78, 5) is 24.9. The van der Waals surface area contributed by atoms with Gasteiger partial charge < -0.3 is 19.7 Å². The first-order valence-electron chi connectivity index (χ1n) is 7.35. The predicted molar refractivity (Wildman–Crippen MR) is 82.5 cm³/mol. The Morgan fingerprint density at radius 2 is 2.05 bits per heavy atom. The van der Waals surface area contributed by atoms with Crippen LogP contribution in [0.25, 0.3) is 0 Å². The molecule has 0 aromatic heterocycles. The number of carbonyl (C=O) groups excluding carboxylic acids is 2. The fraction of sp³-hybridized carbons (Fsp3) is 0.500. The van der Waals surface area contributed by atoms with Crippen LogP contribution in [-0.2, 0) is 19.1 Å². The Morgan fingerprint density at radius 1 is 1.32 bits per heavy atom. The van der Waals surface area contributed by atoms with Gasteiger partial charge in [0, 0.05) is 25.2 Å². The summed E-state index contributed by atoms with van der Waals surface area (Å²) < 4.78 is 10.3. The molecule has 0 saturated carbocycles. The van der Waals surface area contributed by atoms with Crippen LogP contribution in [0.4, 0.5) is 5.69 Å². The van der Waals surface area contributed by atoms with E-state index in [2.05, 4.69) is 22.0 Å². The molecule has 1 aliphatic rings. The zero-order valence-electron chi connectivity index (χ0n) is 13.0. The lowest BCUT2D eigenvalue weighted by molar-refractivity contribution is -0.141. The third-order valence-corrected chi connectivity index (χ3v) is 3.62. The van der Waals surface area contributed by atoms with Gasteiger partial charge in [0.1, 0.15) is 0 Å². The number of benzene rings is 1. The van der Waals surface area contributed by atoms with E-state index in [0.717, 1.165) is 25.3 Å². The number of likely N-dealkylation sites (N-methyl/N-ethyl adjacent to an activating group) is 1. The van der Waals surface area contributed by atoms with Crippen molar-refractivity contribution in [2.75, 3.05) is 39.2 Å². The molecule has 1 aromatic carbocycles. The lowest BCUT2D eigenvalue weighted by Crippen LogP contribution is -2.35. The summed E-state index contributed by atoms with van der Waals surface area (Å²) in [5.41, 5.74) is 1.81. The molecule has 1 atom stereocenters. The Hall–Kier alpha value is -1.92. The highest BCUT2D eigenvalue weighted by atomic mass is 16.5. The fourth-order valence-electron chi connectivity index (χ4n) is 2.30. The van der Waals surface area contributed by atoms with Gasteiger partial charge in [-0.25, -0.2) is 0 Å². The molecule has 0 bridgehead atoms. The van der Waals surface area contributed by atoms with Crippen molar-refractivity contribution in [1.29, 1.82) is 0 Å². The van der Waals surface area contributed by atoms with Crippen LogP contribution in [-0.4, -0.2) is 50.6 Å². The molecule has 22 heavy (non-hydrogen) atoms. The van der Waals surface area contributed by atoms with Gasteiger partial charge in [-0.15, -0.1) is 0 Å². The van der Waals surface area contributed by atoms with Crippen LogP contribution < -0.4 is 5.32 Å². The number of amides is 1. The highest BCUT2D eigenvalue weighted by Gasteiger charge is 2.19. The Balaban J connectivity index is 1.86. The van der Waals surface area contributed by atoms with Gasteiger partial charge in [-0.3, -0.25) is 9.59 Å². The lowest BCUT2D eigenvalue weighted by Gasteiger charge is -2.30. The summed E-state index contributed by atoms with van der Waals surface area (Å²) in [6, 6.07) is 7.62. The molecular formula is C16H22N2O4. The van der Waals surface area contributed by atoms with E-state index in [-0.39, 0.29) is 30.8 Å². The molecular weight excluding hydrogens is 284 g/mol. The molecule has 1 unspecified atom stereocenters. The smallest absolute Gasteiger partial charge is 0.306 e. The van der Waals surface area contributed by atoms with E-state index < -0.39 is 0 Å². The number of nitrogens with zero attached hydrogens (tertiary/aromatic N) is 1. The standard InChI is InChI=1S/C16H22N2O4/c1-18-9-10-22-14(11-18)12-3-5-13(6-4-12)17-15(19)7-8-16(20)21-2/h3-6,14H,7-11H2,1-2H3,(H,17,19). The second-order valence-corrected chi connectivity index (χ2v) is 5.37. The predicted octanol–water partition coefficient (Wildman–Crippen LogP) is 1.58. The second kappa shape index (κ2) is 7.91. The van der Waals surface area contributed by atoms with Gasteiger partial charge in [-0.1, -0.05) is 12.1 Å². The van der Waals surface area contributed by atoms with Gasteiger partial charge in [-0.2, -0.15) is 0 Å². The van der Waals surface area contributed by atoms with E-state index in [1.165, 1.54) is 7.11 Å². The van der Waals surface area contributed by atoms with Crippen LogP contribution in [0.15, 0.2) is 24.3 Å². The van der Waals surface area contributed by atoms with Crippen molar-refractivity contribution in [2.45, 2.75) is 18.9 Å². The molecule has 6 heteroatoms. The average Bonchev–Trinajstić information content (AvgIpc) is 2.53. The number of hydrogen-bond donors (Lipinski definition) is 1. The molecule has 0 radical (unpaired) electrons. The van der Waals surface area contributed by atoms with Crippen LogP contribution in [0.2, 0.25) is 0 Å². The van der Waals surface area contributed by atoms with E-state index in [1.54, 1.807) is 0 Å². The maximum atomic E-state index is 11.7. The molecule has 1 heterocycles. The molecule has 2 rings (SSSR count). The van der Waals surface area contributed by atoms with Gasteiger partial charge in [0.05, 0.1) is 26.2 Å². The number of methoxy groups -OCH3 is 1. The van der Waals surface area contributed by atoms with Gasteiger partial charge >= 0.3 is 5.97 Å². The van der Waals surface area contributed by atoms with E-state index >= 15 is 0 Å². The topological polar surface area (TPSA) is 67.9 Å². The molecule has 0 aliphatic carbocycles. The zero-order valence-corrected chi connectivity index (χ0v) is 13.0. The molecule has 1 amide bonds. The number of rotatable bonds is 5. The molecule has 1 fully saturated rings. The summed E-state index contributed by atoms with van der Waals surface area (Å²) in [5, 5.41) is 2.76. The summed E-state index contributed by atoms with van der Waals surface area (Å²) >= 11 is 0. The lowest BCUT2D eigenvalue weighted by atomic mass is 10.1. The second-order valence-electron chi connectivity index (χ2n) is 5.37. The largest absolute Gasteiger partial charge is 0.469 e. The van der Waals surface area contributed by atoms with Crippen molar-refractivity contribution >= 4 is 17.6 Å². The third-order valence-electron chi connectivity index (χ3n) is 3.62. The molecule has 6 nitrogen and oxygen atoms in total. The normalized spacial score (nSPS) is 18.7. The van der Waals surface area contributed by atoms with Gasteiger partial charge in [0.2, 0.25) is 5.91 Å². The first-order chi connectivity index (χ1) is 10.6. The van der Waals surface area contributed by atoms with Crippen molar-refractivity contribution in [3.05, 3.63) is 29.8 Å². The highest BCUT2D eigenvalue weighted by Crippen LogP contribution is 2.23. The highest BCUT2D eigenvalue weighted by molar-refractivity contribution is 5.92. The molecule has 1 aromatic rings. The maximum absolute atomic E-state index is 11.7. The van der Waals surface area contributed by atoms with Crippen LogP contribution >= 0.6 is 0 Å². The van der Waals surface area contributed by atoms with Crippen LogP contribution in [0.1, 0.15) is 24.5 Å². The maximum Gasteiger partial charge on any atom is 0.306 e. The minimum absolute atomic E-state index is 0.0721. The number of esters is 1. The van der Waals surface area contributed by atoms with Gasteiger partial charge in [0.25, 0.3) is 0 Å². The summed E-state index contributed by atoms with van der Waals surface area (Å²) in [7, 11) is 3.38. The number of nitrogens with one attached hydrogen (secondary N) is 1.